The fourth-order valence-electron chi connectivity index (χ4n) is 2.08. The summed E-state index contributed by atoms with van der Waals surface area (Å²) in [5, 5.41) is 3.91. The fraction of sp³-hybridized carbons (Fsp3) is 0.250. The summed E-state index contributed by atoms with van der Waals surface area (Å²) in [4.78, 5) is 0. The highest BCUT2D eigenvalue weighted by atomic mass is 35.5. The molecule has 2 rings (SSSR count). The van der Waals surface area contributed by atoms with Gasteiger partial charge in [-0.25, -0.2) is 4.39 Å². The van der Waals surface area contributed by atoms with Gasteiger partial charge in [0.05, 0.1) is 17.2 Å². The van der Waals surface area contributed by atoms with Crippen LogP contribution in [0.1, 0.15) is 18.5 Å². The monoisotopic (exact) mass is 327 g/mol. The van der Waals surface area contributed by atoms with E-state index in [4.69, 9.17) is 27.9 Å². The van der Waals surface area contributed by atoms with Crippen LogP contribution in [-0.2, 0) is 0 Å². The van der Waals surface area contributed by atoms with Gasteiger partial charge in [-0.1, -0.05) is 29.3 Å². The predicted molar refractivity (Wildman–Crippen MR) is 85.9 cm³/mol. The lowest BCUT2D eigenvalue weighted by Gasteiger charge is -2.14. The third kappa shape index (κ3) is 3.31. The Hall–Kier alpha value is -1.29. The lowest BCUT2D eigenvalue weighted by atomic mass is 9.99. The molecule has 2 nitrogen and oxygen atoms in total. The van der Waals surface area contributed by atoms with Crippen LogP contribution in [-0.4, -0.2) is 14.2 Å². The summed E-state index contributed by atoms with van der Waals surface area (Å²) in [7, 11) is 3.36. The van der Waals surface area contributed by atoms with Crippen molar-refractivity contribution in [3.05, 3.63) is 51.8 Å². The van der Waals surface area contributed by atoms with Crippen molar-refractivity contribution in [1.29, 1.82) is 0 Å². The quantitative estimate of drug-likeness (QED) is 0.844. The van der Waals surface area contributed by atoms with Gasteiger partial charge < -0.3 is 10.1 Å². The SMILES string of the molecule is CNC(C)c1ccc(F)c(-c2cc(Cl)c(OC)cc2Cl)c1. The molecule has 21 heavy (non-hydrogen) atoms. The molecule has 1 atom stereocenters. The highest BCUT2D eigenvalue weighted by molar-refractivity contribution is 6.36. The van der Waals surface area contributed by atoms with Crippen molar-refractivity contribution in [2.75, 3.05) is 14.2 Å². The first-order valence-corrected chi connectivity index (χ1v) is 7.23. The summed E-state index contributed by atoms with van der Waals surface area (Å²) in [5.74, 6) is 0.121. The molecule has 1 unspecified atom stereocenters. The van der Waals surface area contributed by atoms with Crippen molar-refractivity contribution in [2.24, 2.45) is 0 Å². The number of ether oxygens (including phenoxy) is 1. The third-order valence-electron chi connectivity index (χ3n) is 3.46. The maximum Gasteiger partial charge on any atom is 0.138 e. The Morgan fingerprint density at radius 3 is 2.43 bits per heavy atom. The van der Waals surface area contributed by atoms with Gasteiger partial charge in [-0.05, 0) is 37.7 Å². The molecule has 0 aliphatic heterocycles. The average molecular weight is 328 g/mol. The number of rotatable bonds is 4. The zero-order valence-electron chi connectivity index (χ0n) is 12.0. The molecule has 0 bridgehead atoms. The van der Waals surface area contributed by atoms with Gasteiger partial charge in [-0.3, -0.25) is 0 Å². The molecule has 0 saturated carbocycles. The van der Waals surface area contributed by atoms with Crippen LogP contribution in [0.15, 0.2) is 30.3 Å². The Labute approximate surface area is 133 Å². The zero-order valence-corrected chi connectivity index (χ0v) is 13.5. The Bertz CT molecular complexity index is 661. The van der Waals surface area contributed by atoms with Gasteiger partial charge in [-0.15, -0.1) is 0 Å². The van der Waals surface area contributed by atoms with Crippen molar-refractivity contribution in [3.63, 3.8) is 0 Å². The van der Waals surface area contributed by atoms with E-state index in [1.807, 2.05) is 14.0 Å². The lowest BCUT2D eigenvalue weighted by molar-refractivity contribution is 0.415. The van der Waals surface area contributed by atoms with E-state index in [9.17, 15) is 4.39 Å². The summed E-state index contributed by atoms with van der Waals surface area (Å²) < 4.78 is 19.3. The highest BCUT2D eigenvalue weighted by Crippen LogP contribution is 2.38. The maximum atomic E-state index is 14.2. The molecule has 1 N–H and O–H groups in total. The standard InChI is InChI=1S/C16H16Cl2FNO/c1-9(20-2)10-4-5-15(19)12(6-10)11-7-14(18)16(21-3)8-13(11)17/h4-9,20H,1-3H3. The zero-order chi connectivity index (χ0) is 15.6. The second kappa shape index (κ2) is 6.65. The van der Waals surface area contributed by atoms with Gasteiger partial charge in [0.25, 0.3) is 0 Å². The molecule has 0 aliphatic carbocycles. The van der Waals surface area contributed by atoms with Crippen molar-refractivity contribution >= 4 is 23.2 Å². The summed E-state index contributed by atoms with van der Waals surface area (Å²) >= 11 is 12.3. The number of benzene rings is 2. The first kappa shape index (κ1) is 16.1. The van der Waals surface area contributed by atoms with E-state index in [-0.39, 0.29) is 11.9 Å². The topological polar surface area (TPSA) is 21.3 Å². The van der Waals surface area contributed by atoms with E-state index in [2.05, 4.69) is 5.32 Å². The molecule has 2 aromatic rings. The minimum Gasteiger partial charge on any atom is -0.495 e. The molecule has 0 aromatic heterocycles. The molecule has 5 heteroatoms. The summed E-state index contributed by atoms with van der Waals surface area (Å²) in [6.07, 6.45) is 0. The molecule has 2 aromatic carbocycles. The molecule has 0 fully saturated rings. The molecule has 0 aliphatic rings. The first-order valence-electron chi connectivity index (χ1n) is 6.48. The van der Waals surface area contributed by atoms with Gasteiger partial charge in [0, 0.05) is 23.2 Å². The smallest absolute Gasteiger partial charge is 0.138 e. The first-order chi connectivity index (χ1) is 9.97. The normalized spacial score (nSPS) is 12.3. The molecule has 0 heterocycles. The van der Waals surface area contributed by atoms with Gasteiger partial charge in [0.2, 0.25) is 0 Å². The van der Waals surface area contributed by atoms with E-state index in [1.165, 1.54) is 13.2 Å². The van der Waals surface area contributed by atoms with Crippen molar-refractivity contribution in [3.8, 4) is 16.9 Å². The molecule has 0 saturated heterocycles. The van der Waals surface area contributed by atoms with Gasteiger partial charge in [0.1, 0.15) is 11.6 Å². The fourth-order valence-corrected chi connectivity index (χ4v) is 2.57. The second-order valence-electron chi connectivity index (χ2n) is 4.72. The Balaban J connectivity index is 2.58. The minimum absolute atomic E-state index is 0.108. The van der Waals surface area contributed by atoms with E-state index in [0.29, 0.717) is 26.9 Å². The van der Waals surface area contributed by atoms with Gasteiger partial charge in [0.15, 0.2) is 0 Å². The summed E-state index contributed by atoms with van der Waals surface area (Å²) in [6, 6.07) is 8.28. The Kier molecular flexibility index (Phi) is 5.09. The molecular weight excluding hydrogens is 312 g/mol. The Morgan fingerprint density at radius 1 is 1.10 bits per heavy atom. The highest BCUT2D eigenvalue weighted by Gasteiger charge is 2.15. The lowest BCUT2D eigenvalue weighted by Crippen LogP contribution is -2.12. The number of halogens is 3. The van der Waals surface area contributed by atoms with Crippen molar-refractivity contribution < 1.29 is 9.13 Å². The minimum atomic E-state index is -0.342. The van der Waals surface area contributed by atoms with Crippen LogP contribution in [0.4, 0.5) is 4.39 Å². The number of nitrogens with one attached hydrogen (secondary N) is 1. The second-order valence-corrected chi connectivity index (χ2v) is 5.53. The summed E-state index contributed by atoms with van der Waals surface area (Å²) in [6.45, 7) is 2.00. The van der Waals surface area contributed by atoms with Crippen LogP contribution in [0.5, 0.6) is 5.75 Å². The third-order valence-corrected chi connectivity index (χ3v) is 4.06. The van der Waals surface area contributed by atoms with Crippen LogP contribution in [0.3, 0.4) is 0 Å². The van der Waals surface area contributed by atoms with Crippen molar-refractivity contribution in [1.82, 2.24) is 5.32 Å². The van der Waals surface area contributed by atoms with Gasteiger partial charge in [-0.2, -0.15) is 0 Å². The van der Waals surface area contributed by atoms with Crippen LogP contribution in [0.25, 0.3) is 11.1 Å². The van der Waals surface area contributed by atoms with Gasteiger partial charge >= 0.3 is 0 Å². The number of hydrogen-bond donors (Lipinski definition) is 1. The maximum absolute atomic E-state index is 14.2. The molecule has 0 spiro atoms. The predicted octanol–water partition coefficient (Wildman–Crippen LogP) is 5.09. The average Bonchev–Trinajstić information content (AvgIpc) is 2.49. The Morgan fingerprint density at radius 2 is 1.81 bits per heavy atom. The van der Waals surface area contributed by atoms with E-state index < -0.39 is 0 Å². The van der Waals surface area contributed by atoms with E-state index in [0.717, 1.165) is 5.56 Å². The number of hydrogen-bond acceptors (Lipinski definition) is 2. The van der Waals surface area contributed by atoms with Crippen molar-refractivity contribution in [2.45, 2.75) is 13.0 Å². The molecule has 0 amide bonds. The molecule has 112 valence electrons. The van der Waals surface area contributed by atoms with E-state index >= 15 is 0 Å². The van der Waals surface area contributed by atoms with Crippen LogP contribution in [0, 0.1) is 5.82 Å². The van der Waals surface area contributed by atoms with Crippen LogP contribution >= 0.6 is 23.2 Å². The molecule has 0 radical (unpaired) electrons. The largest absolute Gasteiger partial charge is 0.495 e. The van der Waals surface area contributed by atoms with E-state index in [1.54, 1.807) is 24.3 Å². The summed E-state index contributed by atoms with van der Waals surface area (Å²) in [5.41, 5.74) is 1.94. The van der Waals surface area contributed by atoms with Crippen LogP contribution < -0.4 is 10.1 Å². The van der Waals surface area contributed by atoms with Crippen LogP contribution in [0.2, 0.25) is 10.0 Å². The molecular formula is C16H16Cl2FNO. The number of methoxy groups -OCH3 is 1.